The molecule has 1 N–H and O–H groups in total. The van der Waals surface area contributed by atoms with Crippen molar-refractivity contribution < 1.29 is 21.6 Å². The Morgan fingerprint density at radius 3 is 2.57 bits per heavy atom. The molecule has 0 spiro atoms. The fourth-order valence-corrected chi connectivity index (χ4v) is 7.30. The molecular weight excluding hydrogens is 567 g/mol. The van der Waals surface area contributed by atoms with E-state index in [0.717, 1.165) is 26.7 Å². The molecule has 13 heteroatoms. The zero-order valence-corrected chi connectivity index (χ0v) is 24.5. The van der Waals surface area contributed by atoms with Gasteiger partial charge in [0.2, 0.25) is 0 Å². The largest absolute Gasteiger partial charge is 0.410 e. The van der Waals surface area contributed by atoms with Crippen LogP contribution in [0.4, 0.5) is 30.5 Å². The molecule has 5 heterocycles. The molecule has 9 nitrogen and oxygen atoms in total. The summed E-state index contributed by atoms with van der Waals surface area (Å²) in [5.41, 5.74) is 3.13. The summed E-state index contributed by atoms with van der Waals surface area (Å²) in [6, 6.07) is 6.31. The van der Waals surface area contributed by atoms with E-state index >= 15 is 0 Å². The summed E-state index contributed by atoms with van der Waals surface area (Å²) in [6.07, 6.45) is 1.89. The summed E-state index contributed by atoms with van der Waals surface area (Å²) < 4.78 is 64.9. The lowest BCUT2D eigenvalue weighted by atomic mass is 9.88. The number of pyridine rings is 1. The maximum absolute atomic E-state index is 13.4. The van der Waals surface area contributed by atoms with Crippen molar-refractivity contribution in [1.29, 1.82) is 0 Å². The molecule has 1 unspecified atom stereocenters. The number of alkyl halides is 3. The molecule has 0 aliphatic carbocycles. The molecule has 0 saturated carbocycles. The van der Waals surface area contributed by atoms with Crippen molar-refractivity contribution in [2.75, 3.05) is 28.8 Å². The number of rotatable bonds is 7. The van der Waals surface area contributed by atoms with E-state index in [4.69, 9.17) is 0 Å². The monoisotopic (exact) mass is 599 g/mol. The first-order valence-corrected chi connectivity index (χ1v) is 16.0. The molecule has 1 fully saturated rings. The van der Waals surface area contributed by atoms with E-state index in [-0.39, 0.29) is 36.5 Å². The van der Waals surface area contributed by atoms with Gasteiger partial charge in [-0.05, 0) is 54.8 Å². The maximum Gasteiger partial charge on any atom is 0.410 e. The summed E-state index contributed by atoms with van der Waals surface area (Å²) in [7, 11) is -3.06. The van der Waals surface area contributed by atoms with Crippen molar-refractivity contribution in [3.8, 4) is 11.4 Å². The second-order valence-electron chi connectivity index (χ2n) is 11.6. The molecule has 3 aromatic heterocycles. The molecule has 0 radical (unpaired) electrons. The second kappa shape index (κ2) is 10.2. The van der Waals surface area contributed by atoms with Gasteiger partial charge in [-0.1, -0.05) is 19.9 Å². The Bertz CT molecular complexity index is 1770. The van der Waals surface area contributed by atoms with Crippen molar-refractivity contribution in [3.63, 3.8) is 0 Å². The molecular formula is C29H32F3N7O2S. The van der Waals surface area contributed by atoms with E-state index in [9.17, 15) is 21.6 Å². The number of aromatic nitrogens is 5. The van der Waals surface area contributed by atoms with Gasteiger partial charge in [0.15, 0.2) is 5.82 Å². The van der Waals surface area contributed by atoms with E-state index < -0.39 is 22.1 Å². The van der Waals surface area contributed by atoms with Gasteiger partial charge in [0.25, 0.3) is 0 Å². The molecule has 3 atom stereocenters. The molecule has 2 aliphatic rings. The Labute approximate surface area is 242 Å². The van der Waals surface area contributed by atoms with Crippen molar-refractivity contribution in [3.05, 3.63) is 54.1 Å². The summed E-state index contributed by atoms with van der Waals surface area (Å²) >= 11 is 0. The molecule has 222 valence electrons. The summed E-state index contributed by atoms with van der Waals surface area (Å²) in [5.74, 6) is 1.82. The highest BCUT2D eigenvalue weighted by Gasteiger charge is 2.46. The molecule has 1 aromatic carbocycles. The van der Waals surface area contributed by atoms with Gasteiger partial charge >= 0.3 is 6.18 Å². The molecule has 1 saturated heterocycles. The fourth-order valence-electron chi connectivity index (χ4n) is 6.13. The minimum atomic E-state index is -4.36. The molecule has 2 aliphatic heterocycles. The number of nitrogens with zero attached hydrogens (tertiary/aromatic N) is 6. The van der Waals surface area contributed by atoms with Crippen molar-refractivity contribution in [2.45, 2.75) is 57.8 Å². The number of fused-ring (bicyclic) bond motifs is 2. The fraction of sp³-hybridized carbons (Fsp3) is 0.448. The van der Waals surface area contributed by atoms with Crippen LogP contribution in [0.1, 0.15) is 50.4 Å². The summed E-state index contributed by atoms with van der Waals surface area (Å²) in [5, 5.41) is 9.25. The molecule has 42 heavy (non-hydrogen) atoms. The molecule has 4 aromatic rings. The minimum absolute atomic E-state index is 0.0483. The number of sulfone groups is 1. The van der Waals surface area contributed by atoms with Gasteiger partial charge in [0.1, 0.15) is 27.5 Å². The highest BCUT2D eigenvalue weighted by Crippen LogP contribution is 2.42. The predicted octanol–water partition coefficient (Wildman–Crippen LogP) is 5.67. The van der Waals surface area contributed by atoms with Crippen LogP contribution in [0.5, 0.6) is 0 Å². The quantitative estimate of drug-likeness (QED) is 0.290. The number of halogens is 3. The van der Waals surface area contributed by atoms with Crippen LogP contribution in [0.25, 0.3) is 22.2 Å². The third kappa shape index (κ3) is 5.18. The number of anilines is 3. The van der Waals surface area contributed by atoms with Crippen LogP contribution < -0.4 is 10.2 Å². The van der Waals surface area contributed by atoms with Crippen LogP contribution in [-0.2, 0) is 16.3 Å². The van der Waals surface area contributed by atoms with E-state index in [1.807, 2.05) is 12.3 Å². The molecule has 6 rings (SSSR count). The smallest absolute Gasteiger partial charge is 0.368 e. The summed E-state index contributed by atoms with van der Waals surface area (Å²) in [4.78, 5) is 15.8. The minimum Gasteiger partial charge on any atom is -0.368 e. The molecule has 0 bridgehead atoms. The Hall–Kier alpha value is -3.74. The first-order chi connectivity index (χ1) is 19.8. The van der Waals surface area contributed by atoms with Gasteiger partial charge in [-0.15, -0.1) is 0 Å². The van der Waals surface area contributed by atoms with Gasteiger partial charge < -0.3 is 10.2 Å². The lowest BCUT2D eigenvalue weighted by molar-refractivity contribution is -0.168. The SMILES string of the molecule is CC(C)c1ccc(N2C[C@H](CS(C)(=O)=O)[C@H]2C)c2cnc(Nc3ccnc(-c4cnn5c4CCC5C(F)(F)F)n3)cc12. The normalized spacial score (nSPS) is 20.7. The number of benzene rings is 1. The lowest BCUT2D eigenvalue weighted by Crippen LogP contribution is -2.57. The van der Waals surface area contributed by atoms with E-state index in [1.165, 1.54) is 12.5 Å². The topological polar surface area (TPSA) is 106 Å². The van der Waals surface area contributed by atoms with Gasteiger partial charge in [-0.3, -0.25) is 4.68 Å². The van der Waals surface area contributed by atoms with E-state index in [0.29, 0.717) is 35.3 Å². The van der Waals surface area contributed by atoms with Crippen LogP contribution in [0.15, 0.2) is 42.9 Å². The molecule has 0 amide bonds. The van der Waals surface area contributed by atoms with Crippen LogP contribution >= 0.6 is 0 Å². The van der Waals surface area contributed by atoms with Crippen molar-refractivity contribution in [1.82, 2.24) is 24.7 Å². The van der Waals surface area contributed by atoms with Crippen molar-refractivity contribution in [2.24, 2.45) is 5.92 Å². The van der Waals surface area contributed by atoms with Gasteiger partial charge in [0.05, 0.1) is 23.2 Å². The zero-order valence-electron chi connectivity index (χ0n) is 23.7. The van der Waals surface area contributed by atoms with E-state index in [1.54, 1.807) is 12.3 Å². The first-order valence-electron chi connectivity index (χ1n) is 13.9. The third-order valence-electron chi connectivity index (χ3n) is 8.34. The standard InChI is InChI=1S/C29H32F3N7O2S/c1-16(2)19-5-6-23(38-14-18(17(38)3)15-42(4,40)41)21-12-34-27(11-20(19)21)36-26-9-10-33-28(37-26)22-13-35-39-24(22)7-8-25(39)29(30,31)32/h5-6,9-13,16-18,25H,7-8,14-15H2,1-4H3,(H,33,34,36,37)/t17-,18-,25?/m1/s1. The van der Waals surface area contributed by atoms with Crippen LogP contribution in [0.3, 0.4) is 0 Å². The first kappa shape index (κ1) is 28.4. The zero-order chi connectivity index (χ0) is 30.0. The van der Waals surface area contributed by atoms with Crippen LogP contribution in [0.2, 0.25) is 0 Å². The average Bonchev–Trinajstić information content (AvgIpc) is 3.52. The number of hydrogen-bond donors (Lipinski definition) is 1. The number of hydrogen-bond acceptors (Lipinski definition) is 8. The van der Waals surface area contributed by atoms with Gasteiger partial charge in [-0.2, -0.15) is 18.3 Å². The van der Waals surface area contributed by atoms with Gasteiger partial charge in [0, 0.05) is 48.2 Å². The predicted molar refractivity (Wildman–Crippen MR) is 156 cm³/mol. The maximum atomic E-state index is 13.4. The van der Waals surface area contributed by atoms with Crippen LogP contribution in [-0.4, -0.2) is 63.9 Å². The Kier molecular flexibility index (Phi) is 6.90. The Morgan fingerprint density at radius 1 is 1.10 bits per heavy atom. The highest BCUT2D eigenvalue weighted by atomic mass is 32.2. The number of nitrogens with one attached hydrogen (secondary N) is 1. The lowest BCUT2D eigenvalue weighted by Gasteiger charge is -2.48. The van der Waals surface area contributed by atoms with Crippen molar-refractivity contribution >= 4 is 37.9 Å². The van der Waals surface area contributed by atoms with Crippen LogP contribution in [0, 0.1) is 5.92 Å². The Morgan fingerprint density at radius 2 is 1.88 bits per heavy atom. The average molecular weight is 600 g/mol. The van der Waals surface area contributed by atoms with Gasteiger partial charge in [-0.25, -0.2) is 23.4 Å². The third-order valence-corrected chi connectivity index (χ3v) is 9.38. The summed E-state index contributed by atoms with van der Waals surface area (Å²) in [6.45, 7) is 6.97. The Balaban J connectivity index is 1.29. The highest BCUT2D eigenvalue weighted by molar-refractivity contribution is 7.90. The van der Waals surface area contributed by atoms with E-state index in [2.05, 4.69) is 63.2 Å². The second-order valence-corrected chi connectivity index (χ2v) is 13.8.